The van der Waals surface area contributed by atoms with Crippen LogP contribution < -0.4 is 5.48 Å². The molecule has 34 heavy (non-hydrogen) atoms. The van der Waals surface area contributed by atoms with E-state index >= 15 is 0 Å². The Morgan fingerprint density at radius 2 is 1.88 bits per heavy atom. The van der Waals surface area contributed by atoms with Gasteiger partial charge in [-0.15, -0.1) is 0 Å². The average Bonchev–Trinajstić information content (AvgIpc) is 3.44. The first-order valence-electron chi connectivity index (χ1n) is 10.3. The zero-order valence-corrected chi connectivity index (χ0v) is 20.1. The molecule has 1 saturated carbocycles. The number of rotatable bonds is 9. The van der Waals surface area contributed by atoms with Gasteiger partial charge in [-0.2, -0.15) is 15.1 Å². The predicted octanol–water partition coefficient (Wildman–Crippen LogP) is 0.722. The van der Waals surface area contributed by atoms with Crippen LogP contribution >= 0.6 is 26.8 Å². The molecule has 0 amide bonds. The molecule has 2 aromatic heterocycles. The van der Waals surface area contributed by atoms with Gasteiger partial charge in [0.1, 0.15) is 18.3 Å². The first-order chi connectivity index (χ1) is 15.9. The van der Waals surface area contributed by atoms with Gasteiger partial charge in [0.2, 0.25) is 5.28 Å². The van der Waals surface area contributed by atoms with Gasteiger partial charge in [0.25, 0.3) is 0 Å². The number of aliphatic hydroxyl groups excluding tert-OH is 2. The Labute approximate surface area is 197 Å². The Bertz CT molecular complexity index is 1130. The summed E-state index contributed by atoms with van der Waals surface area (Å²) in [6.07, 6.45) is -0.329. The summed E-state index contributed by atoms with van der Waals surface area (Å²) in [6, 6.07) is 0. The first-order valence-corrected chi connectivity index (χ1v) is 14.2. The number of fused-ring (bicyclic) bond motifs is 1. The smallest absolute Gasteiger partial charge is 0.340 e. The SMILES string of the molecule is O=P(O)(O)CP(=O)(O)OC[C@H]1O[C@@H](n2ncc3c(NOC4CCCC4)nc(Cl)nc32)[C@H](O)[C@@H]1O. The fraction of sp³-hybridized carbons (Fsp3) is 0.688. The van der Waals surface area contributed by atoms with Crippen LogP contribution in [0, 0.1) is 0 Å². The average molecular weight is 544 g/mol. The van der Waals surface area contributed by atoms with Gasteiger partial charge in [-0.3, -0.25) is 14.0 Å². The molecular formula is C16H24ClN5O10P2. The third-order valence-corrected chi connectivity index (χ3v) is 9.06. The second-order valence-electron chi connectivity index (χ2n) is 8.08. The number of hydrogen-bond donors (Lipinski definition) is 6. The third kappa shape index (κ3) is 5.94. The second kappa shape index (κ2) is 10.0. The molecule has 6 N–H and O–H groups in total. The number of ether oxygens (including phenoxy) is 1. The molecule has 0 radical (unpaired) electrons. The fourth-order valence-electron chi connectivity index (χ4n) is 3.84. The maximum absolute atomic E-state index is 11.9. The number of aromatic nitrogens is 4. The zero-order chi connectivity index (χ0) is 24.7. The zero-order valence-electron chi connectivity index (χ0n) is 17.5. The molecule has 2 fully saturated rings. The van der Waals surface area contributed by atoms with Crippen LogP contribution in [0.25, 0.3) is 11.0 Å². The van der Waals surface area contributed by atoms with E-state index in [1.165, 1.54) is 6.20 Å². The molecule has 2 aliphatic rings. The Balaban J connectivity index is 1.50. The van der Waals surface area contributed by atoms with E-state index in [4.69, 9.17) is 35.5 Å². The van der Waals surface area contributed by atoms with Crippen LogP contribution in [0.4, 0.5) is 5.82 Å². The summed E-state index contributed by atoms with van der Waals surface area (Å²) in [5.41, 5.74) is 2.93. The molecule has 1 unspecified atom stereocenters. The van der Waals surface area contributed by atoms with E-state index in [2.05, 4.69) is 20.5 Å². The summed E-state index contributed by atoms with van der Waals surface area (Å²) in [7, 11) is -9.51. The molecule has 1 saturated heterocycles. The minimum atomic E-state index is -4.83. The molecule has 0 spiro atoms. The highest BCUT2D eigenvalue weighted by Crippen LogP contribution is 2.55. The minimum Gasteiger partial charge on any atom is -0.387 e. The number of hydrogen-bond acceptors (Lipinski definition) is 11. The molecule has 190 valence electrons. The summed E-state index contributed by atoms with van der Waals surface area (Å²) in [6.45, 7) is -0.723. The van der Waals surface area contributed by atoms with Gasteiger partial charge in [-0.1, -0.05) is 12.8 Å². The lowest BCUT2D eigenvalue weighted by Gasteiger charge is -2.18. The van der Waals surface area contributed by atoms with Crippen molar-refractivity contribution in [2.24, 2.45) is 0 Å². The lowest BCUT2D eigenvalue weighted by Crippen LogP contribution is -2.33. The number of nitrogens with zero attached hydrogens (tertiary/aromatic N) is 4. The van der Waals surface area contributed by atoms with Crippen molar-refractivity contribution < 1.29 is 48.1 Å². The Kier molecular flexibility index (Phi) is 7.63. The van der Waals surface area contributed by atoms with E-state index in [0.717, 1.165) is 30.4 Å². The van der Waals surface area contributed by atoms with Gasteiger partial charge in [0.15, 0.2) is 23.6 Å². The van der Waals surface area contributed by atoms with Crippen LogP contribution in [-0.4, -0.2) is 81.6 Å². The van der Waals surface area contributed by atoms with Crippen molar-refractivity contribution in [3.05, 3.63) is 11.5 Å². The van der Waals surface area contributed by atoms with E-state index in [9.17, 15) is 24.2 Å². The van der Waals surface area contributed by atoms with E-state index in [1.807, 2.05) is 0 Å². The van der Waals surface area contributed by atoms with Crippen LogP contribution in [0.1, 0.15) is 31.9 Å². The quantitative estimate of drug-likeness (QED) is 0.146. The monoisotopic (exact) mass is 543 g/mol. The van der Waals surface area contributed by atoms with Crippen molar-refractivity contribution >= 4 is 43.6 Å². The Morgan fingerprint density at radius 1 is 1.18 bits per heavy atom. The summed E-state index contributed by atoms with van der Waals surface area (Å²) in [4.78, 5) is 41.3. The molecule has 18 heteroatoms. The van der Waals surface area contributed by atoms with E-state index in [1.54, 1.807) is 0 Å². The number of halogens is 1. The Hall–Kier alpha value is -1.22. The third-order valence-electron chi connectivity index (χ3n) is 5.43. The lowest BCUT2D eigenvalue weighted by atomic mass is 10.1. The summed E-state index contributed by atoms with van der Waals surface area (Å²) < 4.78 is 34.3. The normalized spacial score (nSPS) is 27.9. The van der Waals surface area contributed by atoms with E-state index in [0.29, 0.717) is 5.39 Å². The van der Waals surface area contributed by atoms with Crippen LogP contribution in [0.2, 0.25) is 5.28 Å². The molecule has 1 aliphatic carbocycles. The molecule has 3 heterocycles. The van der Waals surface area contributed by atoms with Crippen LogP contribution in [0.3, 0.4) is 0 Å². The van der Waals surface area contributed by atoms with Crippen molar-refractivity contribution in [1.29, 1.82) is 0 Å². The van der Waals surface area contributed by atoms with Crippen molar-refractivity contribution in [3.8, 4) is 0 Å². The highest BCUT2D eigenvalue weighted by molar-refractivity contribution is 7.70. The van der Waals surface area contributed by atoms with Crippen molar-refractivity contribution in [3.63, 3.8) is 0 Å². The van der Waals surface area contributed by atoms with Crippen molar-refractivity contribution in [2.75, 3.05) is 18.0 Å². The van der Waals surface area contributed by atoms with Gasteiger partial charge in [0.05, 0.1) is 24.3 Å². The van der Waals surface area contributed by atoms with E-state index < -0.39 is 52.2 Å². The number of nitrogens with one attached hydrogen (secondary N) is 1. The molecule has 0 bridgehead atoms. The Morgan fingerprint density at radius 3 is 2.56 bits per heavy atom. The molecule has 15 nitrogen and oxygen atoms in total. The standard InChI is InChI=1S/C16H24ClN5O10P2/c17-16-19-13(21-32-8-3-1-2-4-8)9-5-18-22(14(9)20-16)15-12(24)11(23)10(31-15)6-30-34(28,29)7-33(25,26)27/h5,8,10-12,15,23-24H,1-4,6-7H2,(H,28,29)(H,19,20,21)(H2,25,26,27)/t10-,11-,12-,15-/m1/s1. The second-order valence-corrected chi connectivity index (χ2v) is 12.4. The maximum atomic E-state index is 11.9. The number of aliphatic hydroxyl groups is 2. The molecule has 0 aromatic carbocycles. The first kappa shape index (κ1) is 25.9. The largest absolute Gasteiger partial charge is 0.387 e. The van der Waals surface area contributed by atoms with Crippen molar-refractivity contribution in [2.45, 2.75) is 56.3 Å². The van der Waals surface area contributed by atoms with Gasteiger partial charge in [-0.25, -0.2) is 10.2 Å². The lowest BCUT2D eigenvalue weighted by molar-refractivity contribution is -0.0541. The van der Waals surface area contributed by atoms with Crippen LogP contribution in [-0.2, 0) is 23.2 Å². The molecule has 5 atom stereocenters. The van der Waals surface area contributed by atoms with E-state index in [-0.39, 0.29) is 22.9 Å². The minimum absolute atomic E-state index is 0.0304. The van der Waals surface area contributed by atoms with Gasteiger partial charge in [-0.05, 0) is 24.4 Å². The van der Waals surface area contributed by atoms with Gasteiger partial charge in [0, 0.05) is 0 Å². The van der Waals surface area contributed by atoms with Crippen LogP contribution in [0.5, 0.6) is 0 Å². The molecule has 4 rings (SSSR count). The predicted molar refractivity (Wildman–Crippen MR) is 116 cm³/mol. The fourth-order valence-corrected chi connectivity index (χ4v) is 6.57. The number of anilines is 1. The molecule has 1 aliphatic heterocycles. The summed E-state index contributed by atoms with van der Waals surface area (Å²) in [5.74, 6) is -1.15. The van der Waals surface area contributed by atoms with Crippen LogP contribution in [0.15, 0.2) is 6.20 Å². The summed E-state index contributed by atoms with van der Waals surface area (Å²) >= 11 is 6.05. The topological polar surface area (TPSA) is 219 Å². The van der Waals surface area contributed by atoms with Crippen molar-refractivity contribution in [1.82, 2.24) is 19.7 Å². The highest BCUT2D eigenvalue weighted by atomic mass is 35.5. The molecule has 2 aromatic rings. The highest BCUT2D eigenvalue weighted by Gasteiger charge is 2.46. The van der Waals surface area contributed by atoms with Gasteiger partial charge >= 0.3 is 15.2 Å². The molecular weight excluding hydrogens is 520 g/mol. The summed E-state index contributed by atoms with van der Waals surface area (Å²) in [5, 5.41) is 25.2. The maximum Gasteiger partial charge on any atom is 0.340 e. The van der Waals surface area contributed by atoms with Gasteiger partial charge < -0.3 is 34.2 Å².